The van der Waals surface area contributed by atoms with Crippen molar-refractivity contribution in [3.05, 3.63) is 23.8 Å². The second-order valence-corrected chi connectivity index (χ2v) is 4.06. The van der Waals surface area contributed by atoms with Crippen molar-refractivity contribution in [3.8, 4) is 0 Å². The SMILES string of the molecule is CC(C)COCc1ccc2n[nH]nc2c1. The molecule has 2 aromatic rings. The minimum absolute atomic E-state index is 0.570. The number of fused-ring (bicyclic) bond motifs is 1. The molecule has 0 radical (unpaired) electrons. The summed E-state index contributed by atoms with van der Waals surface area (Å²) < 4.78 is 5.55. The Kier molecular flexibility index (Phi) is 2.97. The van der Waals surface area contributed by atoms with E-state index < -0.39 is 0 Å². The molecule has 0 saturated carbocycles. The van der Waals surface area contributed by atoms with Crippen molar-refractivity contribution >= 4 is 11.0 Å². The van der Waals surface area contributed by atoms with Gasteiger partial charge in [0.25, 0.3) is 0 Å². The molecule has 0 amide bonds. The smallest absolute Gasteiger partial charge is 0.113 e. The first-order chi connectivity index (χ1) is 7.25. The van der Waals surface area contributed by atoms with Crippen LogP contribution >= 0.6 is 0 Å². The van der Waals surface area contributed by atoms with Crippen LogP contribution < -0.4 is 0 Å². The van der Waals surface area contributed by atoms with E-state index in [1.165, 1.54) is 0 Å². The number of nitrogens with zero attached hydrogens (tertiary/aromatic N) is 2. The first-order valence-electron chi connectivity index (χ1n) is 5.13. The average Bonchev–Trinajstić information content (AvgIpc) is 2.64. The van der Waals surface area contributed by atoms with Crippen LogP contribution in [-0.2, 0) is 11.3 Å². The van der Waals surface area contributed by atoms with E-state index in [4.69, 9.17) is 4.74 Å². The summed E-state index contributed by atoms with van der Waals surface area (Å²) in [5, 5.41) is 10.6. The summed E-state index contributed by atoms with van der Waals surface area (Å²) in [5.74, 6) is 0.570. The Morgan fingerprint density at radius 1 is 1.27 bits per heavy atom. The Morgan fingerprint density at radius 3 is 2.87 bits per heavy atom. The zero-order valence-electron chi connectivity index (χ0n) is 9.03. The lowest BCUT2D eigenvalue weighted by molar-refractivity contribution is 0.0971. The van der Waals surface area contributed by atoms with Gasteiger partial charge in [0.2, 0.25) is 0 Å². The van der Waals surface area contributed by atoms with E-state index in [0.717, 1.165) is 23.2 Å². The Morgan fingerprint density at radius 2 is 2.07 bits per heavy atom. The molecule has 1 aromatic heterocycles. The lowest BCUT2D eigenvalue weighted by Gasteiger charge is -2.06. The van der Waals surface area contributed by atoms with Crippen LogP contribution in [0.3, 0.4) is 0 Å². The molecule has 1 N–H and O–H groups in total. The zero-order chi connectivity index (χ0) is 10.7. The van der Waals surface area contributed by atoms with Crippen molar-refractivity contribution in [2.45, 2.75) is 20.5 Å². The molecule has 4 nitrogen and oxygen atoms in total. The van der Waals surface area contributed by atoms with E-state index in [9.17, 15) is 0 Å². The second kappa shape index (κ2) is 4.40. The molecule has 1 heterocycles. The summed E-state index contributed by atoms with van der Waals surface area (Å²) in [5.41, 5.74) is 2.92. The molecule has 0 fully saturated rings. The number of ether oxygens (including phenoxy) is 1. The van der Waals surface area contributed by atoms with E-state index in [-0.39, 0.29) is 0 Å². The molecule has 0 unspecified atom stereocenters. The number of rotatable bonds is 4. The number of aromatic nitrogens is 3. The van der Waals surface area contributed by atoms with Gasteiger partial charge in [0.1, 0.15) is 11.0 Å². The van der Waals surface area contributed by atoms with Gasteiger partial charge in [-0.15, -0.1) is 0 Å². The molecular weight excluding hydrogens is 190 g/mol. The third-order valence-electron chi connectivity index (χ3n) is 2.10. The molecule has 80 valence electrons. The van der Waals surface area contributed by atoms with E-state index in [2.05, 4.69) is 29.3 Å². The Bertz CT molecular complexity index is 436. The maximum atomic E-state index is 5.55. The van der Waals surface area contributed by atoms with E-state index in [1.807, 2.05) is 18.2 Å². The molecule has 0 bridgehead atoms. The summed E-state index contributed by atoms with van der Waals surface area (Å²) in [6.07, 6.45) is 0. The lowest BCUT2D eigenvalue weighted by atomic mass is 10.2. The number of aromatic amines is 1. The highest BCUT2D eigenvalue weighted by Gasteiger charge is 2.00. The van der Waals surface area contributed by atoms with Gasteiger partial charge in [0.05, 0.1) is 6.61 Å². The molecule has 0 atom stereocenters. The van der Waals surface area contributed by atoms with Crippen LogP contribution in [0.15, 0.2) is 18.2 Å². The maximum absolute atomic E-state index is 5.55. The largest absolute Gasteiger partial charge is 0.377 e. The first-order valence-corrected chi connectivity index (χ1v) is 5.13. The molecule has 0 aliphatic rings. The van der Waals surface area contributed by atoms with Crippen LogP contribution in [0.5, 0.6) is 0 Å². The summed E-state index contributed by atoms with van der Waals surface area (Å²) >= 11 is 0. The van der Waals surface area contributed by atoms with Gasteiger partial charge in [-0.3, -0.25) is 0 Å². The van der Waals surface area contributed by atoms with E-state index in [0.29, 0.717) is 12.5 Å². The molecule has 15 heavy (non-hydrogen) atoms. The number of benzene rings is 1. The molecule has 0 spiro atoms. The number of hydrogen-bond donors (Lipinski definition) is 1. The highest BCUT2D eigenvalue weighted by atomic mass is 16.5. The van der Waals surface area contributed by atoms with Gasteiger partial charge in [0.15, 0.2) is 0 Å². The van der Waals surface area contributed by atoms with Crippen molar-refractivity contribution in [1.29, 1.82) is 0 Å². The van der Waals surface area contributed by atoms with Crippen molar-refractivity contribution in [3.63, 3.8) is 0 Å². The van der Waals surface area contributed by atoms with Gasteiger partial charge >= 0.3 is 0 Å². The summed E-state index contributed by atoms with van der Waals surface area (Å²) in [4.78, 5) is 0. The monoisotopic (exact) mass is 205 g/mol. The molecular formula is C11H15N3O. The molecule has 1 aromatic carbocycles. The predicted molar refractivity (Wildman–Crippen MR) is 58.4 cm³/mol. The number of H-pyrrole nitrogens is 1. The third kappa shape index (κ3) is 2.53. The molecule has 4 heteroatoms. The topological polar surface area (TPSA) is 50.8 Å². The minimum atomic E-state index is 0.570. The van der Waals surface area contributed by atoms with Crippen LogP contribution in [-0.4, -0.2) is 22.0 Å². The highest BCUT2D eigenvalue weighted by molar-refractivity contribution is 5.73. The van der Waals surface area contributed by atoms with Crippen LogP contribution in [0.1, 0.15) is 19.4 Å². The standard InChI is InChI=1S/C11H15N3O/c1-8(2)6-15-7-9-3-4-10-11(5-9)13-14-12-10/h3-5,8H,6-7H2,1-2H3,(H,12,13,14). The van der Waals surface area contributed by atoms with Crippen molar-refractivity contribution in [2.24, 2.45) is 5.92 Å². The maximum Gasteiger partial charge on any atom is 0.113 e. The zero-order valence-corrected chi connectivity index (χ0v) is 9.03. The Hall–Kier alpha value is -1.42. The van der Waals surface area contributed by atoms with E-state index in [1.54, 1.807) is 0 Å². The summed E-state index contributed by atoms with van der Waals surface area (Å²) in [6, 6.07) is 5.97. The fourth-order valence-electron chi connectivity index (χ4n) is 1.39. The van der Waals surface area contributed by atoms with Gasteiger partial charge in [-0.05, 0) is 23.6 Å². The second-order valence-electron chi connectivity index (χ2n) is 4.06. The van der Waals surface area contributed by atoms with Crippen LogP contribution in [0.4, 0.5) is 0 Å². The molecule has 0 aliphatic carbocycles. The van der Waals surface area contributed by atoms with Crippen molar-refractivity contribution < 1.29 is 4.74 Å². The fourth-order valence-corrected chi connectivity index (χ4v) is 1.39. The average molecular weight is 205 g/mol. The first kappa shape index (κ1) is 10.1. The minimum Gasteiger partial charge on any atom is -0.377 e. The van der Waals surface area contributed by atoms with Crippen LogP contribution in [0, 0.1) is 5.92 Å². The van der Waals surface area contributed by atoms with Gasteiger partial charge in [-0.1, -0.05) is 19.9 Å². The van der Waals surface area contributed by atoms with Gasteiger partial charge in [-0.25, -0.2) is 0 Å². The van der Waals surface area contributed by atoms with Gasteiger partial charge in [-0.2, -0.15) is 15.4 Å². The number of nitrogens with one attached hydrogen (secondary N) is 1. The van der Waals surface area contributed by atoms with Crippen LogP contribution in [0.25, 0.3) is 11.0 Å². The predicted octanol–water partition coefficient (Wildman–Crippen LogP) is 2.13. The van der Waals surface area contributed by atoms with Crippen molar-refractivity contribution in [1.82, 2.24) is 15.4 Å². The molecule has 0 aliphatic heterocycles. The molecule has 2 rings (SSSR count). The normalized spacial score (nSPS) is 11.4. The summed E-state index contributed by atoms with van der Waals surface area (Å²) in [7, 11) is 0. The number of hydrogen-bond acceptors (Lipinski definition) is 3. The van der Waals surface area contributed by atoms with Crippen molar-refractivity contribution in [2.75, 3.05) is 6.61 Å². The Labute approximate surface area is 88.6 Å². The Balaban J connectivity index is 2.02. The van der Waals surface area contributed by atoms with Gasteiger partial charge in [0, 0.05) is 6.61 Å². The third-order valence-corrected chi connectivity index (χ3v) is 2.10. The molecule has 0 saturated heterocycles. The van der Waals surface area contributed by atoms with Crippen LogP contribution in [0.2, 0.25) is 0 Å². The fraction of sp³-hybridized carbons (Fsp3) is 0.455. The lowest BCUT2D eigenvalue weighted by Crippen LogP contribution is -2.01. The van der Waals surface area contributed by atoms with E-state index >= 15 is 0 Å². The highest BCUT2D eigenvalue weighted by Crippen LogP contribution is 2.11. The summed E-state index contributed by atoms with van der Waals surface area (Å²) in [6.45, 7) is 5.71. The van der Waals surface area contributed by atoms with Gasteiger partial charge < -0.3 is 4.74 Å². The quantitative estimate of drug-likeness (QED) is 0.831.